The first-order valence-electron chi connectivity index (χ1n) is 11.6. The molecule has 0 saturated heterocycles. The van der Waals surface area contributed by atoms with Crippen molar-refractivity contribution in [2.24, 2.45) is 5.92 Å². The zero-order valence-corrected chi connectivity index (χ0v) is 21.7. The van der Waals surface area contributed by atoms with Gasteiger partial charge in [0, 0.05) is 32.7 Å². The fraction of sp³-hybridized carbons (Fsp3) is 0.560. The van der Waals surface area contributed by atoms with Crippen LogP contribution >= 0.6 is 11.3 Å². The van der Waals surface area contributed by atoms with Crippen LogP contribution in [0.25, 0.3) is 16.1 Å². The van der Waals surface area contributed by atoms with Gasteiger partial charge in [0.05, 0.1) is 45.3 Å². The summed E-state index contributed by atoms with van der Waals surface area (Å²) in [5, 5.41) is 6.97. The molecule has 1 fully saturated rings. The lowest BCUT2D eigenvalue weighted by molar-refractivity contribution is 0.112. The van der Waals surface area contributed by atoms with E-state index in [2.05, 4.69) is 17.2 Å². The summed E-state index contributed by atoms with van der Waals surface area (Å²) in [5.41, 5.74) is 3.78. The Morgan fingerprint density at radius 1 is 1.09 bits per heavy atom. The first kappa shape index (κ1) is 24.6. The molecular weight excluding hydrogens is 454 g/mol. The molecule has 34 heavy (non-hydrogen) atoms. The second kappa shape index (κ2) is 10.8. The van der Waals surface area contributed by atoms with Crippen molar-refractivity contribution in [2.75, 3.05) is 53.5 Å². The smallest absolute Gasteiger partial charge is 0.258 e. The van der Waals surface area contributed by atoms with Gasteiger partial charge >= 0.3 is 0 Å². The van der Waals surface area contributed by atoms with Crippen molar-refractivity contribution in [3.8, 4) is 28.6 Å². The highest BCUT2D eigenvalue weighted by atomic mass is 32.1. The Kier molecular flexibility index (Phi) is 7.85. The van der Waals surface area contributed by atoms with E-state index < -0.39 is 0 Å². The topological polar surface area (TPSA) is 66.7 Å². The number of hydrogen-bond donors (Lipinski definition) is 0. The van der Waals surface area contributed by atoms with Gasteiger partial charge in [-0.05, 0) is 49.8 Å². The Balaban J connectivity index is 1.81. The number of rotatable bonds is 13. The standard InChI is InChI=1S/C25H35N3O5S/c1-16(30-3)9-10-27(13-17-7-8-17)23-24(33-6)26-28-19(15-34-25(23)28)22-20(31-4)11-18(14-29-2)12-21(22)32-5/h11-12,15-17H,7-10,13-14H2,1-6H3. The zero-order valence-electron chi connectivity index (χ0n) is 20.9. The number of aromatic nitrogens is 2. The molecule has 0 aliphatic heterocycles. The number of nitrogens with zero attached hydrogens (tertiary/aromatic N) is 3. The molecule has 2 heterocycles. The first-order chi connectivity index (χ1) is 16.5. The second-order valence-corrected chi connectivity index (χ2v) is 9.59. The predicted octanol–water partition coefficient (Wildman–Crippen LogP) is 4.88. The molecule has 1 atom stereocenters. The van der Waals surface area contributed by atoms with Gasteiger partial charge in [-0.15, -0.1) is 16.4 Å². The third kappa shape index (κ3) is 4.96. The number of hydrogen-bond acceptors (Lipinski definition) is 8. The van der Waals surface area contributed by atoms with Crippen molar-refractivity contribution in [1.82, 2.24) is 9.61 Å². The van der Waals surface area contributed by atoms with E-state index >= 15 is 0 Å². The van der Waals surface area contributed by atoms with Crippen molar-refractivity contribution >= 4 is 21.9 Å². The molecule has 1 saturated carbocycles. The van der Waals surface area contributed by atoms with Gasteiger partial charge in [-0.1, -0.05) is 0 Å². The minimum absolute atomic E-state index is 0.191. The van der Waals surface area contributed by atoms with Gasteiger partial charge < -0.3 is 28.6 Å². The highest BCUT2D eigenvalue weighted by Crippen LogP contribution is 2.45. The summed E-state index contributed by atoms with van der Waals surface area (Å²) in [6, 6.07) is 3.97. The molecule has 8 nitrogen and oxygen atoms in total. The highest BCUT2D eigenvalue weighted by molar-refractivity contribution is 7.16. The summed E-state index contributed by atoms with van der Waals surface area (Å²) in [6.45, 7) is 4.46. The average molecular weight is 490 g/mol. The molecular formula is C25H35N3O5S. The molecule has 0 spiro atoms. The number of benzene rings is 1. The van der Waals surface area contributed by atoms with E-state index in [1.807, 2.05) is 16.6 Å². The van der Waals surface area contributed by atoms with Gasteiger partial charge in [-0.2, -0.15) is 0 Å². The van der Waals surface area contributed by atoms with Gasteiger partial charge in [0.25, 0.3) is 5.88 Å². The summed E-state index contributed by atoms with van der Waals surface area (Å²) in [5.74, 6) is 2.79. The maximum absolute atomic E-state index is 5.78. The number of ether oxygens (including phenoxy) is 5. The molecule has 1 aliphatic rings. The molecule has 0 amide bonds. The Labute approximate surface area is 205 Å². The third-order valence-corrected chi connectivity index (χ3v) is 7.26. The van der Waals surface area contributed by atoms with Crippen LogP contribution in [0.5, 0.6) is 17.4 Å². The fourth-order valence-corrected chi connectivity index (χ4v) is 5.22. The molecule has 0 radical (unpaired) electrons. The van der Waals surface area contributed by atoms with Crippen molar-refractivity contribution in [2.45, 2.75) is 38.9 Å². The van der Waals surface area contributed by atoms with E-state index in [9.17, 15) is 0 Å². The molecule has 0 bridgehead atoms. The van der Waals surface area contributed by atoms with Crippen LogP contribution in [0, 0.1) is 5.92 Å². The lowest BCUT2D eigenvalue weighted by atomic mass is 10.1. The van der Waals surface area contributed by atoms with Crippen LogP contribution < -0.4 is 19.1 Å². The maximum atomic E-state index is 5.78. The Morgan fingerprint density at radius 2 is 1.79 bits per heavy atom. The van der Waals surface area contributed by atoms with Crippen LogP contribution in [0.1, 0.15) is 31.7 Å². The Hall–Kier alpha value is -2.49. The highest BCUT2D eigenvalue weighted by Gasteiger charge is 2.30. The third-order valence-electron chi connectivity index (χ3n) is 6.32. The normalized spacial score (nSPS) is 14.4. The van der Waals surface area contributed by atoms with E-state index in [0.717, 1.165) is 52.8 Å². The summed E-state index contributed by atoms with van der Waals surface area (Å²) >= 11 is 1.65. The fourth-order valence-electron chi connectivity index (χ4n) is 4.21. The van der Waals surface area contributed by atoms with E-state index in [4.69, 9.17) is 28.8 Å². The van der Waals surface area contributed by atoms with Crippen LogP contribution in [-0.4, -0.2) is 64.4 Å². The number of methoxy groups -OCH3 is 5. The van der Waals surface area contributed by atoms with Gasteiger partial charge in [-0.25, -0.2) is 4.52 Å². The molecule has 0 N–H and O–H groups in total. The largest absolute Gasteiger partial charge is 0.496 e. The molecule has 1 unspecified atom stereocenters. The SMILES string of the molecule is COCc1cc(OC)c(-c2csc3c(N(CCC(C)OC)CC4CC4)c(OC)nn23)c(OC)c1. The minimum atomic E-state index is 0.191. The maximum Gasteiger partial charge on any atom is 0.258 e. The lowest BCUT2D eigenvalue weighted by Gasteiger charge is -2.25. The monoisotopic (exact) mass is 489 g/mol. The number of fused-ring (bicyclic) bond motifs is 1. The van der Waals surface area contributed by atoms with E-state index in [-0.39, 0.29) is 6.10 Å². The summed E-state index contributed by atoms with van der Waals surface area (Å²) in [6.07, 6.45) is 3.68. The predicted molar refractivity (Wildman–Crippen MR) is 135 cm³/mol. The number of thiazole rings is 1. The van der Waals surface area contributed by atoms with Gasteiger partial charge in [0.2, 0.25) is 0 Å². The Bertz CT molecular complexity index is 1080. The van der Waals surface area contributed by atoms with E-state index in [0.29, 0.717) is 24.0 Å². The van der Waals surface area contributed by atoms with Crippen LogP contribution in [0.15, 0.2) is 17.5 Å². The molecule has 1 aromatic carbocycles. The summed E-state index contributed by atoms with van der Waals surface area (Å²) in [4.78, 5) is 3.47. The van der Waals surface area contributed by atoms with Crippen LogP contribution in [0.4, 0.5) is 5.69 Å². The van der Waals surface area contributed by atoms with Crippen molar-refractivity contribution in [3.63, 3.8) is 0 Å². The van der Waals surface area contributed by atoms with Gasteiger partial charge in [-0.3, -0.25) is 0 Å². The molecule has 186 valence electrons. The quantitative estimate of drug-likeness (QED) is 0.339. The molecule has 1 aliphatic carbocycles. The minimum Gasteiger partial charge on any atom is -0.496 e. The summed E-state index contributed by atoms with van der Waals surface area (Å²) < 4.78 is 30.1. The Morgan fingerprint density at radius 3 is 2.35 bits per heavy atom. The molecule has 2 aromatic heterocycles. The van der Waals surface area contributed by atoms with Crippen molar-refractivity contribution in [3.05, 3.63) is 23.1 Å². The number of anilines is 1. The first-order valence-corrected chi connectivity index (χ1v) is 12.5. The molecule has 3 aromatic rings. The zero-order chi connectivity index (χ0) is 24.2. The molecule has 4 rings (SSSR count). The van der Waals surface area contributed by atoms with Crippen LogP contribution in [0.2, 0.25) is 0 Å². The van der Waals surface area contributed by atoms with Crippen molar-refractivity contribution in [1.29, 1.82) is 0 Å². The lowest BCUT2D eigenvalue weighted by Crippen LogP contribution is -2.29. The van der Waals surface area contributed by atoms with Crippen LogP contribution in [0.3, 0.4) is 0 Å². The van der Waals surface area contributed by atoms with E-state index in [1.165, 1.54) is 12.8 Å². The van der Waals surface area contributed by atoms with Gasteiger partial charge in [0.15, 0.2) is 0 Å². The van der Waals surface area contributed by atoms with Crippen LogP contribution in [-0.2, 0) is 16.1 Å². The second-order valence-electron chi connectivity index (χ2n) is 8.73. The van der Waals surface area contributed by atoms with Gasteiger partial charge in [0.1, 0.15) is 22.0 Å². The summed E-state index contributed by atoms with van der Waals surface area (Å²) in [7, 11) is 8.46. The van der Waals surface area contributed by atoms with E-state index in [1.54, 1.807) is 46.9 Å². The average Bonchev–Trinajstić information content (AvgIpc) is 3.47. The molecule has 9 heteroatoms. The van der Waals surface area contributed by atoms with Crippen molar-refractivity contribution < 1.29 is 23.7 Å².